The molecule has 0 bridgehead atoms. The molecule has 10 aliphatic heterocycles. The molecule has 0 aliphatic carbocycles. The summed E-state index contributed by atoms with van der Waals surface area (Å²) >= 11 is 3.55. The van der Waals surface area contributed by atoms with Crippen molar-refractivity contribution in [2.75, 3.05) is 195 Å². The lowest BCUT2D eigenvalue weighted by Gasteiger charge is -2.12. The normalized spacial score (nSPS) is 17.4. The first-order chi connectivity index (χ1) is 72.5. The standard InChI is InChI=1S/C15H20N2O.C15H20N2.C14H16N2O2.3C14H18N2.C13H15BrN2.C13H14F2N2.C13H15FN2/c1-10-8-13-15(14(9-10)18-3)11-4-6-17(2)7-5-12(11)16-13;1-10-8-13-12-4-6-17(3)7-5-14(12)16-15(13)9-11(10)2;1-16-4-2-9-10-6-13-14(18-8-17-13)7-12(10)15-11(9)3-5-16;3*1-10-3-4-11-12-5-7-16(2)8-6-13(12)15-14(11)9-10;1-16-6-4-10-11-8-9(14)2-3-12(11)15-13(10)5-7-16;1-17-4-2-8-9-6-10(14)11(15)7-13(9)16-12(8)3-5-17;1-16-6-4-10-11-8-9(14)2-3-12(11)15-13(10)5-7-16/h8-9,16H,4-7H2,1-3H3;8-9,16H,4-7H2,1-3H3;6-7,15H,2-5,8H2,1H3;3*3-4,9,15H,5-8H2,1-2H3;2-3,8,15H,4-7H2,1H3;6-7,16H,2-5H2,1H3;2-3,8,15H,4-7H2,1H3. The average molecular weight is 2090 g/mol. The van der Waals surface area contributed by atoms with Crippen molar-refractivity contribution in [2.45, 2.75) is 157 Å². The van der Waals surface area contributed by atoms with E-state index in [9.17, 15) is 13.2 Å². The minimum Gasteiger partial charge on any atom is -0.496 e. The van der Waals surface area contributed by atoms with Crippen LogP contribution in [0.25, 0.3) is 98.1 Å². The minimum absolute atomic E-state index is 0.146. The number of benzene rings is 9. The van der Waals surface area contributed by atoms with E-state index in [1.165, 1.54) is 272 Å². The molecule has 0 saturated heterocycles. The maximum Gasteiger partial charge on any atom is 0.231 e. The number of aromatic nitrogens is 9. The van der Waals surface area contributed by atoms with Gasteiger partial charge in [-0.05, 0) is 337 Å². The minimum atomic E-state index is -0.786. The Labute approximate surface area is 890 Å². The SMILES string of the molecule is CN1CCc2[nH]c3cc(F)c(F)cc3c2CC1.CN1CCc2[nH]c3cc4c(cc3c2CC1)OCO4.CN1CCc2[nH]c3ccc(Br)cc3c2CC1.CN1CCc2[nH]c3ccc(F)cc3c2CC1.COc1cc(C)cc2[nH]c3c(c12)CCN(C)CC3.Cc1cc2[nH]c3c(c2cc1C)CCN(C)CC3.Cc1ccc2c3c([nH]c2c1)CCN(C)CC3.Cc1ccc2c3c([nH]c2c1)CCN(C)CC3.Cc1ccc2c3c([nH]c2c1)CCN(C)CC3. The Morgan fingerprint density at radius 1 is 0.240 bits per heavy atom. The fourth-order valence-electron chi connectivity index (χ4n) is 24.0. The van der Waals surface area contributed by atoms with Gasteiger partial charge in [-0.25, -0.2) is 13.2 Å². The van der Waals surface area contributed by atoms with E-state index < -0.39 is 11.6 Å². The Bertz CT molecular complexity index is 7450. The van der Waals surface area contributed by atoms with Crippen LogP contribution < -0.4 is 14.2 Å². The number of H-pyrrole nitrogens is 9. The molecule has 0 atom stereocenters. The molecule has 19 heterocycles. The number of hydrogen-bond donors (Lipinski definition) is 9. The van der Waals surface area contributed by atoms with Crippen LogP contribution in [0.2, 0.25) is 0 Å². The molecular weight excluding hydrogens is 1940 g/mol. The smallest absolute Gasteiger partial charge is 0.231 e. The summed E-state index contributed by atoms with van der Waals surface area (Å²) in [4.78, 5) is 53.1. The second kappa shape index (κ2) is 46.4. The highest BCUT2D eigenvalue weighted by Gasteiger charge is 2.29. The van der Waals surface area contributed by atoms with Gasteiger partial charge in [-0.2, -0.15) is 0 Å². The van der Waals surface area contributed by atoms with Crippen molar-refractivity contribution in [3.63, 3.8) is 0 Å². The number of nitrogens with one attached hydrogen (secondary N) is 9. The van der Waals surface area contributed by atoms with Gasteiger partial charge in [-0.15, -0.1) is 0 Å². The van der Waals surface area contributed by atoms with Crippen LogP contribution in [0.4, 0.5) is 13.2 Å². The number of nitrogens with zero attached hydrogens (tertiary/aromatic N) is 9. The number of ether oxygens (including phenoxy) is 3. The van der Waals surface area contributed by atoms with Gasteiger partial charge in [-0.3, -0.25) is 0 Å². The molecule has 0 spiro atoms. The van der Waals surface area contributed by atoms with Gasteiger partial charge in [0.15, 0.2) is 23.1 Å². The van der Waals surface area contributed by atoms with Crippen LogP contribution in [0.5, 0.6) is 17.2 Å². The van der Waals surface area contributed by atoms with Gasteiger partial charge in [0, 0.05) is 342 Å². The van der Waals surface area contributed by atoms with Crippen molar-refractivity contribution in [2.24, 2.45) is 0 Å². The summed E-state index contributed by atoms with van der Waals surface area (Å²) in [6, 6.07) is 47.5. The number of aryl methyl sites for hydroxylation is 6. The average Bonchev–Trinajstić information content (AvgIpc) is 1.62. The van der Waals surface area contributed by atoms with E-state index in [2.05, 4.69) is 319 Å². The summed E-state index contributed by atoms with van der Waals surface area (Å²) in [5.41, 5.74) is 44.2. The van der Waals surface area contributed by atoms with Crippen LogP contribution in [-0.2, 0) is 116 Å². The Hall–Kier alpha value is -11.9. The molecular formula is C125H154BrF3N18O3. The summed E-state index contributed by atoms with van der Waals surface area (Å²) in [6.07, 6.45) is 19.8. The first-order valence-corrected chi connectivity index (χ1v) is 55.5. The maximum absolute atomic E-state index is 13.3. The lowest BCUT2D eigenvalue weighted by molar-refractivity contribution is 0.174. The van der Waals surface area contributed by atoms with E-state index in [-0.39, 0.29) is 5.82 Å². The van der Waals surface area contributed by atoms with E-state index in [1.54, 1.807) is 35.4 Å². The van der Waals surface area contributed by atoms with Crippen LogP contribution in [0.3, 0.4) is 0 Å². The molecule has 25 heteroatoms. The second-order valence-corrected chi connectivity index (χ2v) is 45.3. The number of methoxy groups -OCH3 is 1. The lowest BCUT2D eigenvalue weighted by Crippen LogP contribution is -2.21. The first-order valence-electron chi connectivity index (χ1n) is 54.7. The highest BCUT2D eigenvalue weighted by molar-refractivity contribution is 9.10. The Morgan fingerprint density at radius 2 is 0.507 bits per heavy atom. The zero-order valence-corrected chi connectivity index (χ0v) is 92.8. The zero-order chi connectivity index (χ0) is 104. The molecule has 9 aromatic heterocycles. The fraction of sp³-hybridized carbons (Fsp3) is 0.424. The molecule has 0 saturated carbocycles. The van der Waals surface area contributed by atoms with E-state index in [0.29, 0.717) is 12.3 Å². The molecule has 0 unspecified atom stereocenters. The third-order valence-electron chi connectivity index (χ3n) is 33.3. The van der Waals surface area contributed by atoms with Gasteiger partial charge >= 0.3 is 0 Å². The van der Waals surface area contributed by atoms with Crippen LogP contribution in [0.1, 0.15) is 135 Å². The molecule has 0 amide bonds. The van der Waals surface area contributed by atoms with Crippen molar-refractivity contribution in [1.82, 2.24) is 89.0 Å². The van der Waals surface area contributed by atoms with E-state index in [0.717, 1.165) is 207 Å². The molecule has 0 fully saturated rings. The monoisotopic (exact) mass is 2090 g/mol. The Kier molecular flexibility index (Phi) is 32.5. The van der Waals surface area contributed by atoms with Gasteiger partial charge in [0.25, 0.3) is 0 Å². The highest BCUT2D eigenvalue weighted by atomic mass is 79.9. The van der Waals surface area contributed by atoms with Crippen LogP contribution >= 0.6 is 15.9 Å². The summed E-state index contributed by atoms with van der Waals surface area (Å²) in [7, 11) is 21.4. The zero-order valence-electron chi connectivity index (χ0n) is 91.2. The van der Waals surface area contributed by atoms with Crippen LogP contribution in [-0.4, -0.2) is 284 Å². The number of rotatable bonds is 1. The highest BCUT2D eigenvalue weighted by Crippen LogP contribution is 2.42. The Balaban J connectivity index is 0.000000102. The molecule has 150 heavy (non-hydrogen) atoms. The number of aromatic amines is 9. The molecule has 28 rings (SSSR count). The van der Waals surface area contributed by atoms with Gasteiger partial charge < -0.3 is 103 Å². The summed E-state index contributed by atoms with van der Waals surface area (Å²) in [5, 5.41) is 11.6. The first kappa shape index (κ1) is 105. The van der Waals surface area contributed by atoms with Crippen molar-refractivity contribution in [3.8, 4) is 17.2 Å². The summed E-state index contributed by atoms with van der Waals surface area (Å²) in [5.74, 6) is 1.04. The van der Waals surface area contributed by atoms with Crippen LogP contribution in [0, 0.1) is 59.0 Å². The lowest BCUT2D eigenvalue weighted by atomic mass is 10.0. The Morgan fingerprint density at radius 3 is 0.887 bits per heavy atom. The van der Waals surface area contributed by atoms with Gasteiger partial charge in [0.05, 0.1) is 7.11 Å². The maximum atomic E-state index is 13.3. The molecule has 790 valence electrons. The van der Waals surface area contributed by atoms with Gasteiger partial charge in [0.2, 0.25) is 6.79 Å². The second-order valence-electron chi connectivity index (χ2n) is 44.4. The predicted octanol–water partition coefficient (Wildman–Crippen LogP) is 22.6. The van der Waals surface area contributed by atoms with Crippen molar-refractivity contribution in [1.29, 1.82) is 0 Å². The van der Waals surface area contributed by atoms with E-state index in [4.69, 9.17) is 14.2 Å². The van der Waals surface area contributed by atoms with E-state index in [1.807, 2.05) is 6.07 Å². The third kappa shape index (κ3) is 23.8. The third-order valence-corrected chi connectivity index (χ3v) is 33.8. The molecule has 21 nitrogen and oxygen atoms in total. The van der Waals surface area contributed by atoms with Gasteiger partial charge in [-0.1, -0.05) is 52.3 Å². The topological polar surface area (TPSA) is 199 Å². The van der Waals surface area contributed by atoms with Crippen molar-refractivity contribution in [3.05, 3.63) is 296 Å². The molecule has 18 aromatic rings. The number of fused-ring (bicyclic) bond motifs is 28. The molecule has 0 radical (unpaired) electrons. The predicted molar refractivity (Wildman–Crippen MR) is 618 cm³/mol. The van der Waals surface area contributed by atoms with E-state index >= 15 is 0 Å². The number of halogens is 4. The summed E-state index contributed by atoms with van der Waals surface area (Å²) < 4.78 is 57.3. The van der Waals surface area contributed by atoms with Crippen LogP contribution in [0.15, 0.2) is 144 Å². The van der Waals surface area contributed by atoms with Gasteiger partial charge in [0.1, 0.15) is 11.6 Å². The molecule has 9 N–H and O–H groups in total. The molecule has 10 aliphatic rings. The number of hydrogen-bond acceptors (Lipinski definition) is 12. The summed E-state index contributed by atoms with van der Waals surface area (Å²) in [6.45, 7) is 33.5. The largest absolute Gasteiger partial charge is 0.496 e. The fourth-order valence-corrected chi connectivity index (χ4v) is 24.4. The van der Waals surface area contributed by atoms with Crippen molar-refractivity contribution < 1.29 is 27.4 Å². The number of likely N-dealkylation sites (N-methyl/N-ethyl adjacent to an activating group) is 9. The molecule has 9 aromatic carbocycles. The van der Waals surface area contributed by atoms with Crippen molar-refractivity contribution >= 4 is 114 Å². The quantitative estimate of drug-likeness (QED) is 0.0755.